The topological polar surface area (TPSA) is 49.3 Å². The second-order valence-corrected chi connectivity index (χ2v) is 2.82. The van der Waals surface area contributed by atoms with Gasteiger partial charge < -0.3 is 10.4 Å². The monoisotopic (exact) mass is 203 g/mol. The molecule has 0 aromatic heterocycles. The summed E-state index contributed by atoms with van der Waals surface area (Å²) >= 11 is 5.54. The van der Waals surface area contributed by atoms with Gasteiger partial charge in [-0.3, -0.25) is 4.79 Å². The maximum Gasteiger partial charge on any atom is 0.221 e. The van der Waals surface area contributed by atoms with Crippen molar-refractivity contribution in [1.29, 1.82) is 0 Å². The van der Waals surface area contributed by atoms with E-state index in [9.17, 15) is 9.18 Å². The lowest BCUT2D eigenvalue weighted by atomic mass is 10.3. The summed E-state index contributed by atoms with van der Waals surface area (Å²) in [6.07, 6.45) is 0. The first kappa shape index (κ1) is 9.80. The Kier molecular flexibility index (Phi) is 2.72. The zero-order valence-electron chi connectivity index (χ0n) is 6.77. The Morgan fingerprint density at radius 1 is 1.62 bits per heavy atom. The number of anilines is 1. The fourth-order valence-corrected chi connectivity index (χ4v) is 1.03. The molecule has 2 N–H and O–H groups in total. The molecule has 0 bridgehead atoms. The fraction of sp³-hybridized carbons (Fsp3) is 0.125. The number of halogens is 2. The minimum absolute atomic E-state index is 0.188. The van der Waals surface area contributed by atoms with E-state index in [1.54, 1.807) is 0 Å². The number of phenolic OH excluding ortho intramolecular Hbond substituents is 1. The number of carbonyl (C=O) groups is 1. The minimum atomic E-state index is -0.820. The Labute approximate surface area is 79.1 Å². The number of phenols is 1. The van der Waals surface area contributed by atoms with Crippen LogP contribution in [0.15, 0.2) is 12.1 Å². The van der Waals surface area contributed by atoms with Crippen molar-refractivity contribution in [3.8, 4) is 5.75 Å². The summed E-state index contributed by atoms with van der Waals surface area (Å²) in [7, 11) is 0. The largest absolute Gasteiger partial charge is 0.504 e. The molecule has 70 valence electrons. The third-order valence-electron chi connectivity index (χ3n) is 1.38. The Hall–Kier alpha value is -1.29. The smallest absolute Gasteiger partial charge is 0.221 e. The Balaban J connectivity index is 3.10. The first-order valence-electron chi connectivity index (χ1n) is 3.47. The van der Waals surface area contributed by atoms with Gasteiger partial charge in [-0.15, -0.1) is 0 Å². The third-order valence-corrected chi connectivity index (χ3v) is 1.76. The van der Waals surface area contributed by atoms with E-state index in [1.807, 2.05) is 0 Å². The van der Waals surface area contributed by atoms with Crippen molar-refractivity contribution >= 4 is 23.2 Å². The quantitative estimate of drug-likeness (QED) is 0.735. The van der Waals surface area contributed by atoms with Gasteiger partial charge in [-0.05, 0) is 12.1 Å². The number of aromatic hydroxyl groups is 1. The number of benzene rings is 1. The number of rotatable bonds is 1. The maximum atomic E-state index is 12.6. The molecule has 0 unspecified atom stereocenters. The molecule has 0 saturated heterocycles. The molecule has 1 aromatic carbocycles. The fourth-order valence-electron chi connectivity index (χ4n) is 0.827. The Morgan fingerprint density at radius 2 is 2.23 bits per heavy atom. The summed E-state index contributed by atoms with van der Waals surface area (Å²) in [5, 5.41) is 11.2. The summed E-state index contributed by atoms with van der Waals surface area (Å²) in [5.74, 6) is -1.82. The first-order valence-corrected chi connectivity index (χ1v) is 3.84. The molecule has 1 aromatic rings. The molecule has 0 aliphatic carbocycles. The zero-order chi connectivity index (χ0) is 10.0. The highest BCUT2D eigenvalue weighted by Crippen LogP contribution is 2.33. The van der Waals surface area contributed by atoms with Gasteiger partial charge >= 0.3 is 0 Å². The van der Waals surface area contributed by atoms with E-state index < -0.39 is 11.6 Å². The molecular formula is C8H7ClFNO2. The molecule has 3 nitrogen and oxygen atoms in total. The summed E-state index contributed by atoms with van der Waals surface area (Å²) in [6, 6.07) is 2.30. The number of nitrogens with one attached hydrogen (secondary N) is 1. The molecule has 5 heteroatoms. The zero-order valence-corrected chi connectivity index (χ0v) is 7.52. The van der Waals surface area contributed by atoms with Gasteiger partial charge in [0.1, 0.15) is 5.02 Å². The number of hydrogen-bond donors (Lipinski definition) is 2. The van der Waals surface area contributed by atoms with Gasteiger partial charge in [-0.2, -0.15) is 0 Å². The number of carbonyl (C=O) groups excluding carboxylic acids is 1. The highest BCUT2D eigenvalue weighted by Gasteiger charge is 2.10. The maximum absolute atomic E-state index is 12.6. The first-order chi connectivity index (χ1) is 6.02. The predicted molar refractivity (Wildman–Crippen MR) is 47.4 cm³/mol. The molecule has 0 saturated carbocycles. The molecule has 0 heterocycles. The molecule has 1 amide bonds. The van der Waals surface area contributed by atoms with Gasteiger partial charge in [-0.1, -0.05) is 11.6 Å². The van der Waals surface area contributed by atoms with Gasteiger partial charge in [0.25, 0.3) is 0 Å². The van der Waals surface area contributed by atoms with Crippen LogP contribution < -0.4 is 5.32 Å². The van der Waals surface area contributed by atoms with Gasteiger partial charge in [0, 0.05) is 6.92 Å². The van der Waals surface area contributed by atoms with E-state index in [1.165, 1.54) is 13.0 Å². The lowest BCUT2D eigenvalue weighted by molar-refractivity contribution is -0.114. The van der Waals surface area contributed by atoms with Crippen molar-refractivity contribution in [2.24, 2.45) is 0 Å². The summed E-state index contributed by atoms with van der Waals surface area (Å²) < 4.78 is 12.6. The van der Waals surface area contributed by atoms with E-state index in [2.05, 4.69) is 5.32 Å². The van der Waals surface area contributed by atoms with Crippen LogP contribution in [0.2, 0.25) is 5.02 Å². The molecule has 0 fully saturated rings. The predicted octanol–water partition coefficient (Wildman–Crippen LogP) is 2.14. The van der Waals surface area contributed by atoms with Crippen molar-refractivity contribution in [1.82, 2.24) is 0 Å². The van der Waals surface area contributed by atoms with Crippen LogP contribution in [0.5, 0.6) is 5.75 Å². The van der Waals surface area contributed by atoms with Crippen LogP contribution in [-0.2, 0) is 4.79 Å². The lowest BCUT2D eigenvalue weighted by Crippen LogP contribution is -2.06. The van der Waals surface area contributed by atoms with Crippen LogP contribution in [0.25, 0.3) is 0 Å². The van der Waals surface area contributed by atoms with E-state index in [0.29, 0.717) is 0 Å². The number of amides is 1. The third kappa shape index (κ3) is 2.09. The molecule has 13 heavy (non-hydrogen) atoms. The van der Waals surface area contributed by atoms with Gasteiger partial charge in [-0.25, -0.2) is 4.39 Å². The molecule has 1 rings (SSSR count). The molecule has 0 radical (unpaired) electrons. The van der Waals surface area contributed by atoms with Crippen LogP contribution in [0.1, 0.15) is 6.92 Å². The van der Waals surface area contributed by atoms with Gasteiger partial charge in [0.15, 0.2) is 11.6 Å². The Morgan fingerprint density at radius 3 is 2.77 bits per heavy atom. The Bertz CT molecular complexity index is 354. The van der Waals surface area contributed by atoms with Crippen LogP contribution in [0.3, 0.4) is 0 Å². The highest BCUT2D eigenvalue weighted by atomic mass is 35.5. The van der Waals surface area contributed by atoms with E-state index in [-0.39, 0.29) is 16.6 Å². The van der Waals surface area contributed by atoms with Gasteiger partial charge in [0.2, 0.25) is 5.91 Å². The van der Waals surface area contributed by atoms with Gasteiger partial charge in [0.05, 0.1) is 5.69 Å². The molecule has 0 aliphatic rings. The molecule has 0 aliphatic heterocycles. The summed E-state index contributed by atoms with van der Waals surface area (Å²) in [4.78, 5) is 10.6. The van der Waals surface area contributed by atoms with E-state index in [0.717, 1.165) is 6.07 Å². The second kappa shape index (κ2) is 3.62. The normalized spacial score (nSPS) is 9.77. The average Bonchev–Trinajstić information content (AvgIpc) is 2.06. The van der Waals surface area contributed by atoms with E-state index >= 15 is 0 Å². The van der Waals surface area contributed by atoms with Crippen molar-refractivity contribution in [2.45, 2.75) is 6.92 Å². The van der Waals surface area contributed by atoms with Crippen LogP contribution in [-0.4, -0.2) is 11.0 Å². The van der Waals surface area contributed by atoms with Crippen molar-refractivity contribution in [3.05, 3.63) is 23.0 Å². The van der Waals surface area contributed by atoms with Crippen molar-refractivity contribution in [3.63, 3.8) is 0 Å². The highest BCUT2D eigenvalue weighted by molar-refractivity contribution is 6.35. The van der Waals surface area contributed by atoms with Crippen LogP contribution in [0, 0.1) is 5.82 Å². The molecule has 0 atom stereocenters. The number of hydrogen-bond acceptors (Lipinski definition) is 2. The van der Waals surface area contributed by atoms with Crippen LogP contribution >= 0.6 is 11.6 Å². The SMILES string of the molecule is CC(=O)Nc1ccc(F)c(O)c1Cl. The minimum Gasteiger partial charge on any atom is -0.504 e. The summed E-state index contributed by atoms with van der Waals surface area (Å²) in [6.45, 7) is 1.29. The molecule has 0 spiro atoms. The van der Waals surface area contributed by atoms with Crippen molar-refractivity contribution < 1.29 is 14.3 Å². The average molecular weight is 204 g/mol. The summed E-state index contributed by atoms with van der Waals surface area (Å²) in [5.41, 5.74) is 0.188. The van der Waals surface area contributed by atoms with Crippen LogP contribution in [0.4, 0.5) is 10.1 Å². The second-order valence-electron chi connectivity index (χ2n) is 2.44. The van der Waals surface area contributed by atoms with E-state index in [4.69, 9.17) is 16.7 Å². The molecular weight excluding hydrogens is 197 g/mol. The lowest BCUT2D eigenvalue weighted by Gasteiger charge is -2.06. The van der Waals surface area contributed by atoms with Crippen molar-refractivity contribution in [2.75, 3.05) is 5.32 Å². The standard InChI is InChI=1S/C8H7ClFNO2/c1-4(12)11-6-3-2-5(10)8(13)7(6)9/h2-3,13H,1H3,(H,11,12).